The number of rotatable bonds is 18. The van der Waals surface area contributed by atoms with Gasteiger partial charge in [0.2, 0.25) is 0 Å². The van der Waals surface area contributed by atoms with Crippen LogP contribution in [-0.4, -0.2) is 64.2 Å². The summed E-state index contributed by atoms with van der Waals surface area (Å²) in [6.45, 7) is 4.41. The summed E-state index contributed by atoms with van der Waals surface area (Å²) in [6, 6.07) is 0. The summed E-state index contributed by atoms with van der Waals surface area (Å²) in [5.41, 5.74) is 0. The first-order valence-electron chi connectivity index (χ1n) is 10.4. The molecule has 1 aliphatic rings. The molecule has 27 heavy (non-hydrogen) atoms. The van der Waals surface area contributed by atoms with Crippen molar-refractivity contribution < 1.29 is 31.9 Å². The maximum Gasteiger partial charge on any atom is 0.181 e. The Morgan fingerprint density at radius 3 is 2.15 bits per heavy atom. The van der Waals surface area contributed by atoms with Crippen LogP contribution in [0.4, 0.5) is 0 Å². The predicted octanol–water partition coefficient (Wildman–Crippen LogP) is 3.23. The Hall–Kier alpha value is -0.250. The van der Waals surface area contributed by atoms with Crippen LogP contribution in [0.25, 0.3) is 0 Å². The highest BCUT2D eigenvalue weighted by atomic mass is 32.2. The van der Waals surface area contributed by atoms with Crippen LogP contribution in [0, 0.1) is 0 Å². The molecule has 8 heteroatoms. The molecule has 0 aromatic carbocycles. The van der Waals surface area contributed by atoms with Gasteiger partial charge in [-0.2, -0.15) is 0 Å². The number of ether oxygens (including phenoxy) is 4. The van der Waals surface area contributed by atoms with E-state index < -0.39 is 22.2 Å². The minimum atomic E-state index is -4.17. The van der Waals surface area contributed by atoms with E-state index in [4.69, 9.17) is 18.9 Å². The van der Waals surface area contributed by atoms with Crippen molar-refractivity contribution in [1.29, 1.82) is 0 Å². The molecule has 0 radical (unpaired) electrons. The molecule has 1 heterocycles. The zero-order valence-electron chi connectivity index (χ0n) is 16.7. The van der Waals surface area contributed by atoms with Crippen molar-refractivity contribution in [2.24, 2.45) is 0 Å². The minimum absolute atomic E-state index is 0.0841. The molecule has 0 spiro atoms. The number of unbranched alkanes of at least 4 members (excludes halogenated alkanes) is 8. The number of hydrogen-bond acceptors (Lipinski definition) is 7. The van der Waals surface area contributed by atoms with Gasteiger partial charge in [-0.3, -0.25) is 0 Å². The molecule has 0 N–H and O–H groups in total. The normalized spacial score (nSPS) is 20.4. The van der Waals surface area contributed by atoms with E-state index in [0.29, 0.717) is 13.2 Å². The molecule has 0 saturated carbocycles. The highest BCUT2D eigenvalue weighted by Crippen LogP contribution is 2.13. The Labute approximate surface area is 164 Å². The van der Waals surface area contributed by atoms with Crippen molar-refractivity contribution in [3.63, 3.8) is 0 Å². The molecule has 2 unspecified atom stereocenters. The van der Waals surface area contributed by atoms with E-state index in [-0.39, 0.29) is 25.7 Å². The molecule has 1 saturated heterocycles. The quantitative estimate of drug-likeness (QED) is 0.253. The average molecular weight is 410 g/mol. The first-order chi connectivity index (χ1) is 13.0. The summed E-state index contributed by atoms with van der Waals surface area (Å²) in [7, 11) is -4.17. The fourth-order valence-corrected chi connectivity index (χ4v) is 3.40. The van der Waals surface area contributed by atoms with Crippen molar-refractivity contribution in [3.8, 4) is 0 Å². The van der Waals surface area contributed by atoms with Gasteiger partial charge < -0.3 is 23.5 Å². The van der Waals surface area contributed by atoms with Crippen LogP contribution in [0.15, 0.2) is 0 Å². The summed E-state index contributed by atoms with van der Waals surface area (Å²) in [6.07, 6.45) is 11.3. The summed E-state index contributed by atoms with van der Waals surface area (Å²) in [4.78, 5) is 0. The lowest BCUT2D eigenvalue weighted by Gasteiger charge is -2.12. The van der Waals surface area contributed by atoms with E-state index in [0.717, 1.165) is 13.0 Å². The van der Waals surface area contributed by atoms with Gasteiger partial charge in [0.25, 0.3) is 0 Å². The van der Waals surface area contributed by atoms with E-state index in [1.54, 1.807) is 0 Å². The Kier molecular flexibility index (Phi) is 14.4. The Morgan fingerprint density at radius 1 is 0.889 bits per heavy atom. The van der Waals surface area contributed by atoms with Crippen LogP contribution >= 0.6 is 0 Å². The van der Waals surface area contributed by atoms with Crippen LogP contribution in [-0.2, 0) is 29.1 Å². The second kappa shape index (κ2) is 15.6. The van der Waals surface area contributed by atoms with Gasteiger partial charge in [-0.1, -0.05) is 58.3 Å². The molecule has 1 rings (SSSR count). The van der Waals surface area contributed by atoms with E-state index in [2.05, 4.69) is 6.92 Å². The Balaban J connectivity index is 1.85. The van der Waals surface area contributed by atoms with E-state index in [1.165, 1.54) is 51.4 Å². The average Bonchev–Trinajstić information content (AvgIpc) is 3.06. The summed E-state index contributed by atoms with van der Waals surface area (Å²) in [5.74, 6) is -0.408. The smallest absolute Gasteiger partial charge is 0.181 e. The Bertz CT molecular complexity index is 441. The molecule has 1 fully saturated rings. The minimum Gasteiger partial charge on any atom is -0.748 e. The molecule has 7 nitrogen and oxygen atoms in total. The molecule has 162 valence electrons. The summed E-state index contributed by atoms with van der Waals surface area (Å²) < 4.78 is 53.4. The van der Waals surface area contributed by atoms with Gasteiger partial charge in [0.05, 0.1) is 29.9 Å². The lowest BCUT2D eigenvalue weighted by atomic mass is 10.1. The topological polar surface area (TPSA) is 94.1 Å². The largest absolute Gasteiger partial charge is 0.748 e. The molecule has 2 atom stereocenters. The van der Waals surface area contributed by atoms with Crippen LogP contribution in [0.3, 0.4) is 0 Å². The van der Waals surface area contributed by atoms with E-state index in [1.807, 2.05) is 0 Å². The zero-order chi connectivity index (χ0) is 19.8. The van der Waals surface area contributed by atoms with Gasteiger partial charge in [-0.25, -0.2) is 8.42 Å². The Morgan fingerprint density at radius 2 is 1.48 bits per heavy atom. The second-order valence-electron chi connectivity index (χ2n) is 7.11. The maximum absolute atomic E-state index is 10.5. The van der Waals surface area contributed by atoms with Gasteiger partial charge in [0.15, 0.2) is 6.29 Å². The number of hydrogen-bond donors (Lipinski definition) is 0. The van der Waals surface area contributed by atoms with Gasteiger partial charge in [-0.05, 0) is 12.8 Å². The molecule has 0 aromatic heterocycles. The predicted molar refractivity (Wildman–Crippen MR) is 103 cm³/mol. The first kappa shape index (κ1) is 24.8. The van der Waals surface area contributed by atoms with Gasteiger partial charge in [-0.15, -0.1) is 0 Å². The first-order valence-corrected chi connectivity index (χ1v) is 11.9. The second-order valence-corrected chi connectivity index (χ2v) is 8.64. The monoisotopic (exact) mass is 409 g/mol. The zero-order valence-corrected chi connectivity index (χ0v) is 17.6. The van der Waals surface area contributed by atoms with Gasteiger partial charge in [0.1, 0.15) is 6.10 Å². The molecular weight excluding hydrogens is 372 g/mol. The third-order valence-electron chi connectivity index (χ3n) is 4.45. The SMILES string of the molecule is CCCCCCCCCCCOCC1COC(COCCCS(=O)(=O)[O-])O1. The molecule has 0 amide bonds. The molecular formula is C19H37O7S-. The van der Waals surface area contributed by atoms with E-state index >= 15 is 0 Å². The van der Waals surface area contributed by atoms with Crippen LogP contribution < -0.4 is 0 Å². The van der Waals surface area contributed by atoms with Crippen molar-refractivity contribution in [1.82, 2.24) is 0 Å². The highest BCUT2D eigenvalue weighted by Gasteiger charge is 2.26. The maximum atomic E-state index is 10.5. The fraction of sp³-hybridized carbons (Fsp3) is 1.00. The standard InChI is InChI=1S/C19H38O7S/c1-2-3-4-5-6-7-8-9-10-12-23-15-18-16-25-19(26-18)17-24-13-11-14-27(20,21)22/h18-19H,2-17H2,1H3,(H,20,21,22)/p-1. The fourth-order valence-electron chi connectivity index (χ4n) is 2.93. The van der Waals surface area contributed by atoms with Crippen LogP contribution in [0.1, 0.15) is 71.1 Å². The summed E-state index contributed by atoms with van der Waals surface area (Å²) >= 11 is 0. The molecule has 0 bridgehead atoms. The molecule has 1 aliphatic heterocycles. The van der Waals surface area contributed by atoms with Crippen molar-refractivity contribution in [3.05, 3.63) is 0 Å². The lowest BCUT2D eigenvalue weighted by Crippen LogP contribution is -2.22. The summed E-state index contributed by atoms with van der Waals surface area (Å²) in [5, 5.41) is 0. The molecule has 0 aromatic rings. The van der Waals surface area contributed by atoms with E-state index in [9.17, 15) is 13.0 Å². The van der Waals surface area contributed by atoms with Crippen molar-refractivity contribution >= 4 is 10.1 Å². The van der Waals surface area contributed by atoms with Crippen molar-refractivity contribution in [2.45, 2.75) is 83.5 Å². The highest BCUT2D eigenvalue weighted by molar-refractivity contribution is 7.85. The van der Waals surface area contributed by atoms with Gasteiger partial charge in [0, 0.05) is 19.0 Å². The lowest BCUT2D eigenvalue weighted by molar-refractivity contribution is -0.112. The molecule has 0 aliphatic carbocycles. The third-order valence-corrected chi connectivity index (χ3v) is 5.23. The van der Waals surface area contributed by atoms with Crippen LogP contribution in [0.5, 0.6) is 0 Å². The van der Waals surface area contributed by atoms with Gasteiger partial charge >= 0.3 is 0 Å². The third kappa shape index (κ3) is 15.4. The van der Waals surface area contributed by atoms with Crippen molar-refractivity contribution in [2.75, 3.05) is 38.8 Å². The van der Waals surface area contributed by atoms with Crippen LogP contribution in [0.2, 0.25) is 0 Å².